The van der Waals surface area contributed by atoms with E-state index in [0.29, 0.717) is 5.92 Å². The Kier molecular flexibility index (Phi) is 5.16. The second-order valence-corrected chi connectivity index (χ2v) is 4.78. The van der Waals surface area contributed by atoms with Gasteiger partial charge in [0.15, 0.2) is 0 Å². The summed E-state index contributed by atoms with van der Waals surface area (Å²) in [7, 11) is 0. The van der Waals surface area contributed by atoms with Crippen molar-refractivity contribution < 1.29 is 4.74 Å². The molecule has 15 heavy (non-hydrogen) atoms. The van der Waals surface area contributed by atoms with Crippen LogP contribution in [0.15, 0.2) is 22.7 Å². The SMILES string of the molecule is CCC(CC)COc1ccc(C)cc1Br. The molecular formula is C13H19BrO. The molecule has 0 aliphatic carbocycles. The first-order valence-electron chi connectivity index (χ1n) is 5.56. The molecular weight excluding hydrogens is 252 g/mol. The number of rotatable bonds is 5. The molecule has 1 nitrogen and oxygen atoms in total. The van der Waals surface area contributed by atoms with Gasteiger partial charge in [0.2, 0.25) is 0 Å². The van der Waals surface area contributed by atoms with Gasteiger partial charge in [0.1, 0.15) is 5.75 Å². The van der Waals surface area contributed by atoms with Crippen molar-refractivity contribution in [3.63, 3.8) is 0 Å². The molecule has 1 aromatic carbocycles. The van der Waals surface area contributed by atoms with Crippen molar-refractivity contribution in [2.45, 2.75) is 33.6 Å². The van der Waals surface area contributed by atoms with E-state index in [2.05, 4.69) is 48.8 Å². The van der Waals surface area contributed by atoms with Gasteiger partial charge in [-0.15, -0.1) is 0 Å². The largest absolute Gasteiger partial charge is 0.492 e. The maximum absolute atomic E-state index is 5.79. The molecule has 1 rings (SSSR count). The Morgan fingerprint density at radius 2 is 1.93 bits per heavy atom. The lowest BCUT2D eigenvalue weighted by Crippen LogP contribution is -2.10. The Hall–Kier alpha value is -0.500. The predicted molar refractivity (Wildman–Crippen MR) is 68.4 cm³/mol. The van der Waals surface area contributed by atoms with E-state index in [1.165, 1.54) is 18.4 Å². The highest BCUT2D eigenvalue weighted by atomic mass is 79.9. The molecule has 0 heterocycles. The van der Waals surface area contributed by atoms with Gasteiger partial charge in [-0.2, -0.15) is 0 Å². The van der Waals surface area contributed by atoms with Crippen LogP contribution in [0.25, 0.3) is 0 Å². The molecule has 0 aliphatic rings. The van der Waals surface area contributed by atoms with Gasteiger partial charge < -0.3 is 4.74 Å². The van der Waals surface area contributed by atoms with Gasteiger partial charge in [0.05, 0.1) is 11.1 Å². The molecule has 0 saturated heterocycles. The van der Waals surface area contributed by atoms with E-state index in [0.717, 1.165) is 16.8 Å². The number of benzene rings is 1. The monoisotopic (exact) mass is 270 g/mol. The van der Waals surface area contributed by atoms with Crippen LogP contribution in [0, 0.1) is 12.8 Å². The van der Waals surface area contributed by atoms with Gasteiger partial charge in [-0.25, -0.2) is 0 Å². The zero-order chi connectivity index (χ0) is 11.3. The maximum Gasteiger partial charge on any atom is 0.133 e. The van der Waals surface area contributed by atoms with E-state index >= 15 is 0 Å². The van der Waals surface area contributed by atoms with E-state index in [1.807, 2.05) is 6.07 Å². The summed E-state index contributed by atoms with van der Waals surface area (Å²) in [6.07, 6.45) is 2.36. The Bertz CT molecular complexity index is 305. The van der Waals surface area contributed by atoms with E-state index in [9.17, 15) is 0 Å². The first-order valence-corrected chi connectivity index (χ1v) is 6.35. The van der Waals surface area contributed by atoms with Crippen LogP contribution >= 0.6 is 15.9 Å². The fourth-order valence-corrected chi connectivity index (χ4v) is 2.06. The fourth-order valence-electron chi connectivity index (χ4n) is 1.45. The predicted octanol–water partition coefficient (Wildman–Crippen LogP) is 4.57. The number of hydrogen-bond donors (Lipinski definition) is 0. The molecule has 1 aromatic rings. The highest BCUT2D eigenvalue weighted by Crippen LogP contribution is 2.26. The summed E-state index contributed by atoms with van der Waals surface area (Å²) in [4.78, 5) is 0. The van der Waals surface area contributed by atoms with Crippen molar-refractivity contribution in [2.24, 2.45) is 5.92 Å². The van der Waals surface area contributed by atoms with E-state index in [1.54, 1.807) is 0 Å². The van der Waals surface area contributed by atoms with Crippen LogP contribution in [0.1, 0.15) is 32.3 Å². The average molecular weight is 271 g/mol. The van der Waals surface area contributed by atoms with Crippen molar-refractivity contribution in [2.75, 3.05) is 6.61 Å². The summed E-state index contributed by atoms with van der Waals surface area (Å²) < 4.78 is 6.84. The van der Waals surface area contributed by atoms with Gasteiger partial charge in [0, 0.05) is 0 Å². The number of aryl methyl sites for hydroxylation is 1. The van der Waals surface area contributed by atoms with Gasteiger partial charge in [-0.05, 0) is 46.5 Å². The Labute approximate surface area is 101 Å². The molecule has 0 aliphatic heterocycles. The van der Waals surface area contributed by atoms with Crippen molar-refractivity contribution >= 4 is 15.9 Å². The van der Waals surface area contributed by atoms with Crippen LogP contribution in [0.3, 0.4) is 0 Å². The Morgan fingerprint density at radius 1 is 1.27 bits per heavy atom. The minimum atomic E-state index is 0.665. The van der Waals surface area contributed by atoms with Crippen molar-refractivity contribution in [1.29, 1.82) is 0 Å². The first kappa shape index (κ1) is 12.6. The third-order valence-electron chi connectivity index (χ3n) is 2.72. The van der Waals surface area contributed by atoms with Gasteiger partial charge in [0.25, 0.3) is 0 Å². The summed E-state index contributed by atoms with van der Waals surface area (Å²) >= 11 is 3.52. The van der Waals surface area contributed by atoms with Crippen LogP contribution in [0.2, 0.25) is 0 Å². The Balaban J connectivity index is 2.57. The minimum absolute atomic E-state index is 0.665. The van der Waals surface area contributed by atoms with E-state index < -0.39 is 0 Å². The summed E-state index contributed by atoms with van der Waals surface area (Å²) in [6, 6.07) is 6.19. The van der Waals surface area contributed by atoms with Gasteiger partial charge in [-0.3, -0.25) is 0 Å². The topological polar surface area (TPSA) is 9.23 Å². The van der Waals surface area contributed by atoms with Crippen LogP contribution in [-0.4, -0.2) is 6.61 Å². The van der Waals surface area contributed by atoms with Gasteiger partial charge >= 0.3 is 0 Å². The van der Waals surface area contributed by atoms with Crippen molar-refractivity contribution in [1.82, 2.24) is 0 Å². The standard InChI is InChI=1S/C13H19BrO/c1-4-11(5-2)9-15-13-7-6-10(3)8-12(13)14/h6-8,11H,4-5,9H2,1-3H3. The summed E-state index contributed by atoms with van der Waals surface area (Å²) in [5, 5.41) is 0. The first-order chi connectivity index (χ1) is 7.17. The smallest absolute Gasteiger partial charge is 0.133 e. The summed E-state index contributed by atoms with van der Waals surface area (Å²) in [6.45, 7) is 7.31. The van der Waals surface area contributed by atoms with Crippen LogP contribution in [0.5, 0.6) is 5.75 Å². The van der Waals surface area contributed by atoms with Gasteiger partial charge in [-0.1, -0.05) is 32.8 Å². The normalized spacial score (nSPS) is 10.7. The summed E-state index contributed by atoms with van der Waals surface area (Å²) in [5.74, 6) is 1.62. The second-order valence-electron chi connectivity index (χ2n) is 3.93. The van der Waals surface area contributed by atoms with Crippen LogP contribution < -0.4 is 4.74 Å². The quantitative estimate of drug-likeness (QED) is 0.762. The molecule has 0 unspecified atom stereocenters. The molecule has 0 amide bonds. The van der Waals surface area contributed by atoms with Crippen molar-refractivity contribution in [3.05, 3.63) is 28.2 Å². The molecule has 0 radical (unpaired) electrons. The zero-order valence-electron chi connectivity index (χ0n) is 9.72. The van der Waals surface area contributed by atoms with E-state index in [4.69, 9.17) is 4.74 Å². The number of hydrogen-bond acceptors (Lipinski definition) is 1. The molecule has 0 fully saturated rings. The molecule has 0 spiro atoms. The lowest BCUT2D eigenvalue weighted by atomic mass is 10.1. The fraction of sp³-hybridized carbons (Fsp3) is 0.538. The molecule has 0 aromatic heterocycles. The molecule has 0 saturated carbocycles. The molecule has 0 atom stereocenters. The Morgan fingerprint density at radius 3 is 2.47 bits per heavy atom. The highest BCUT2D eigenvalue weighted by Gasteiger charge is 2.06. The lowest BCUT2D eigenvalue weighted by Gasteiger charge is -2.14. The minimum Gasteiger partial charge on any atom is -0.492 e. The van der Waals surface area contributed by atoms with Crippen LogP contribution in [0.4, 0.5) is 0 Å². The second kappa shape index (κ2) is 6.16. The molecule has 2 heteroatoms. The summed E-state index contributed by atoms with van der Waals surface area (Å²) in [5.41, 5.74) is 1.25. The van der Waals surface area contributed by atoms with E-state index in [-0.39, 0.29) is 0 Å². The third-order valence-corrected chi connectivity index (χ3v) is 3.34. The molecule has 84 valence electrons. The molecule has 0 N–H and O–H groups in total. The lowest BCUT2D eigenvalue weighted by molar-refractivity contribution is 0.239. The number of ether oxygens (including phenoxy) is 1. The zero-order valence-corrected chi connectivity index (χ0v) is 11.3. The average Bonchev–Trinajstić information content (AvgIpc) is 2.22. The number of halogens is 1. The molecule has 0 bridgehead atoms. The third kappa shape index (κ3) is 3.86. The van der Waals surface area contributed by atoms with Crippen LogP contribution in [-0.2, 0) is 0 Å². The maximum atomic E-state index is 5.79. The highest BCUT2D eigenvalue weighted by molar-refractivity contribution is 9.10. The van der Waals surface area contributed by atoms with Crippen molar-refractivity contribution in [3.8, 4) is 5.75 Å².